The van der Waals surface area contributed by atoms with Crippen LogP contribution in [-0.4, -0.2) is 70.7 Å². The molecular weight excluding hydrogens is 328 g/mol. The molecular formula is C20H28N4O2. The Labute approximate surface area is 154 Å². The largest absolute Gasteiger partial charge is 0.379 e. The number of morpholine rings is 1. The van der Waals surface area contributed by atoms with Crippen molar-refractivity contribution in [2.24, 2.45) is 13.0 Å². The molecule has 2 saturated heterocycles. The van der Waals surface area contributed by atoms with Crippen molar-refractivity contribution in [1.82, 2.24) is 19.4 Å². The van der Waals surface area contributed by atoms with Gasteiger partial charge in [-0.3, -0.25) is 9.69 Å². The number of amides is 1. The maximum absolute atomic E-state index is 12.9. The van der Waals surface area contributed by atoms with E-state index in [1.165, 1.54) is 0 Å². The molecule has 4 rings (SSSR count). The highest BCUT2D eigenvalue weighted by molar-refractivity contribution is 5.97. The van der Waals surface area contributed by atoms with Gasteiger partial charge in [-0.05, 0) is 43.9 Å². The Morgan fingerprint density at radius 1 is 1.19 bits per heavy atom. The van der Waals surface area contributed by atoms with Crippen molar-refractivity contribution in [3.63, 3.8) is 0 Å². The predicted octanol–water partition coefficient (Wildman–Crippen LogP) is 2.15. The van der Waals surface area contributed by atoms with E-state index in [4.69, 9.17) is 4.74 Å². The minimum Gasteiger partial charge on any atom is -0.379 e. The summed E-state index contributed by atoms with van der Waals surface area (Å²) in [7, 11) is 1.97. The fourth-order valence-electron chi connectivity index (χ4n) is 4.32. The maximum atomic E-state index is 12.9. The Morgan fingerprint density at radius 2 is 1.92 bits per heavy atom. The second-order valence-electron chi connectivity index (χ2n) is 7.58. The fourth-order valence-corrected chi connectivity index (χ4v) is 4.32. The lowest BCUT2D eigenvalue weighted by molar-refractivity contribution is -0.000950. The number of benzene rings is 1. The molecule has 2 fully saturated rings. The number of ether oxygens (including phenoxy) is 1. The zero-order chi connectivity index (χ0) is 18.1. The van der Waals surface area contributed by atoms with Gasteiger partial charge in [-0.1, -0.05) is 0 Å². The molecule has 2 aliphatic heterocycles. The summed E-state index contributed by atoms with van der Waals surface area (Å²) in [6.45, 7) is 7.78. The van der Waals surface area contributed by atoms with E-state index >= 15 is 0 Å². The Balaban J connectivity index is 1.38. The fraction of sp³-hybridized carbons (Fsp3) is 0.600. The van der Waals surface area contributed by atoms with Gasteiger partial charge in [0.1, 0.15) is 0 Å². The molecule has 140 valence electrons. The van der Waals surface area contributed by atoms with Gasteiger partial charge in [-0.15, -0.1) is 0 Å². The van der Waals surface area contributed by atoms with Crippen LogP contribution in [0.2, 0.25) is 0 Å². The number of fused-ring (bicyclic) bond motifs is 1. The number of hydrogen-bond donors (Lipinski definition) is 0. The third-order valence-electron chi connectivity index (χ3n) is 6.10. The van der Waals surface area contributed by atoms with E-state index < -0.39 is 0 Å². The maximum Gasteiger partial charge on any atom is 0.253 e. The van der Waals surface area contributed by atoms with E-state index in [-0.39, 0.29) is 5.91 Å². The molecule has 3 heterocycles. The summed E-state index contributed by atoms with van der Waals surface area (Å²) >= 11 is 0. The van der Waals surface area contributed by atoms with Gasteiger partial charge in [-0.2, -0.15) is 0 Å². The number of carbonyl (C=O) groups excluding carboxylic acids is 1. The first-order chi connectivity index (χ1) is 12.6. The standard InChI is InChI=1S/C20H28N4O2/c1-15(23-9-11-26-12-10-23)16-5-7-24(8-6-16)20(25)17-3-4-19-18(13-17)21-14-22(19)2/h3-4,13-16H,5-12H2,1-2H3/t15-/m1/s1. The third-order valence-corrected chi connectivity index (χ3v) is 6.10. The first-order valence-corrected chi connectivity index (χ1v) is 9.65. The SMILES string of the molecule is C[C@H](C1CCN(C(=O)c2ccc3c(c2)ncn3C)CC1)N1CCOCC1. The van der Waals surface area contributed by atoms with E-state index in [1.54, 1.807) is 6.33 Å². The lowest BCUT2D eigenvalue weighted by Crippen LogP contribution is -2.49. The molecule has 6 nitrogen and oxygen atoms in total. The molecule has 2 aromatic rings. The number of rotatable bonds is 3. The molecule has 0 aliphatic carbocycles. The van der Waals surface area contributed by atoms with Crippen molar-refractivity contribution in [1.29, 1.82) is 0 Å². The molecule has 6 heteroatoms. The Kier molecular flexibility index (Phi) is 4.96. The van der Waals surface area contributed by atoms with Gasteiger partial charge in [0.15, 0.2) is 0 Å². The zero-order valence-electron chi connectivity index (χ0n) is 15.7. The number of aromatic nitrogens is 2. The monoisotopic (exact) mass is 356 g/mol. The third kappa shape index (κ3) is 3.35. The number of imidazole rings is 1. The van der Waals surface area contributed by atoms with Crippen LogP contribution in [0.5, 0.6) is 0 Å². The van der Waals surface area contributed by atoms with E-state index in [9.17, 15) is 4.79 Å². The summed E-state index contributed by atoms with van der Waals surface area (Å²) in [6, 6.07) is 6.40. The van der Waals surface area contributed by atoms with Gasteiger partial charge in [0.2, 0.25) is 0 Å². The average Bonchev–Trinajstić information content (AvgIpc) is 3.08. The van der Waals surface area contributed by atoms with Gasteiger partial charge in [0.05, 0.1) is 30.6 Å². The molecule has 0 saturated carbocycles. The van der Waals surface area contributed by atoms with Gasteiger partial charge < -0.3 is 14.2 Å². The predicted molar refractivity (Wildman–Crippen MR) is 101 cm³/mol. The van der Waals surface area contributed by atoms with Crippen LogP contribution >= 0.6 is 0 Å². The summed E-state index contributed by atoms with van der Waals surface area (Å²) in [6.07, 6.45) is 3.95. The summed E-state index contributed by atoms with van der Waals surface area (Å²) < 4.78 is 7.44. The van der Waals surface area contributed by atoms with Gasteiger partial charge in [0, 0.05) is 44.8 Å². The summed E-state index contributed by atoms with van der Waals surface area (Å²) in [5.41, 5.74) is 2.68. The highest BCUT2D eigenvalue weighted by Crippen LogP contribution is 2.26. The normalized spacial score (nSPS) is 21.2. The number of piperidine rings is 1. The van der Waals surface area contributed by atoms with Crippen molar-refractivity contribution >= 4 is 16.9 Å². The van der Waals surface area contributed by atoms with Crippen molar-refractivity contribution in [3.8, 4) is 0 Å². The molecule has 0 spiro atoms. The minimum absolute atomic E-state index is 0.134. The van der Waals surface area contributed by atoms with Crippen LogP contribution in [-0.2, 0) is 11.8 Å². The van der Waals surface area contributed by atoms with Crippen molar-refractivity contribution in [2.75, 3.05) is 39.4 Å². The molecule has 1 aromatic carbocycles. The Hall–Kier alpha value is -1.92. The van der Waals surface area contributed by atoms with Crippen LogP contribution in [0.25, 0.3) is 11.0 Å². The van der Waals surface area contributed by atoms with Crippen LogP contribution < -0.4 is 0 Å². The molecule has 1 atom stereocenters. The number of nitrogens with zero attached hydrogens (tertiary/aromatic N) is 4. The van der Waals surface area contributed by atoms with Gasteiger partial charge >= 0.3 is 0 Å². The molecule has 1 aromatic heterocycles. The lowest BCUT2D eigenvalue weighted by atomic mass is 9.89. The quantitative estimate of drug-likeness (QED) is 0.846. The molecule has 0 N–H and O–H groups in total. The second kappa shape index (κ2) is 7.37. The summed E-state index contributed by atoms with van der Waals surface area (Å²) in [4.78, 5) is 21.8. The molecule has 1 amide bonds. The number of carbonyl (C=O) groups is 1. The molecule has 26 heavy (non-hydrogen) atoms. The highest BCUT2D eigenvalue weighted by Gasteiger charge is 2.30. The van der Waals surface area contributed by atoms with Gasteiger partial charge in [0.25, 0.3) is 5.91 Å². The molecule has 0 unspecified atom stereocenters. The Morgan fingerprint density at radius 3 is 2.65 bits per heavy atom. The van der Waals surface area contributed by atoms with Crippen molar-refractivity contribution in [2.45, 2.75) is 25.8 Å². The second-order valence-corrected chi connectivity index (χ2v) is 7.58. The minimum atomic E-state index is 0.134. The van der Waals surface area contributed by atoms with Crippen LogP contribution in [0.3, 0.4) is 0 Å². The topological polar surface area (TPSA) is 50.6 Å². The number of aryl methyl sites for hydroxylation is 1. The first kappa shape index (κ1) is 17.5. The summed E-state index contributed by atoms with van der Waals surface area (Å²) in [5.74, 6) is 0.797. The van der Waals surface area contributed by atoms with Crippen LogP contribution in [0, 0.1) is 5.92 Å². The van der Waals surface area contributed by atoms with Gasteiger partial charge in [-0.25, -0.2) is 4.98 Å². The zero-order valence-corrected chi connectivity index (χ0v) is 15.7. The highest BCUT2D eigenvalue weighted by atomic mass is 16.5. The van der Waals surface area contributed by atoms with Crippen LogP contribution in [0.15, 0.2) is 24.5 Å². The van der Waals surface area contributed by atoms with E-state index in [2.05, 4.69) is 16.8 Å². The molecule has 0 radical (unpaired) electrons. The van der Waals surface area contributed by atoms with Crippen LogP contribution in [0.4, 0.5) is 0 Å². The van der Waals surface area contributed by atoms with Crippen molar-refractivity contribution < 1.29 is 9.53 Å². The molecule has 2 aliphatic rings. The lowest BCUT2D eigenvalue weighted by Gasteiger charge is -2.41. The number of hydrogen-bond acceptors (Lipinski definition) is 4. The average molecular weight is 356 g/mol. The number of likely N-dealkylation sites (tertiary alicyclic amines) is 1. The molecule has 0 bridgehead atoms. The van der Waals surface area contributed by atoms with E-state index in [0.717, 1.165) is 68.8 Å². The smallest absolute Gasteiger partial charge is 0.253 e. The Bertz CT molecular complexity index is 773. The first-order valence-electron chi connectivity index (χ1n) is 9.65. The van der Waals surface area contributed by atoms with E-state index in [1.807, 2.05) is 34.7 Å². The van der Waals surface area contributed by atoms with E-state index in [0.29, 0.717) is 12.0 Å². The van der Waals surface area contributed by atoms with Crippen LogP contribution in [0.1, 0.15) is 30.1 Å². The summed E-state index contributed by atoms with van der Waals surface area (Å²) in [5, 5.41) is 0. The van der Waals surface area contributed by atoms with Crippen molar-refractivity contribution in [3.05, 3.63) is 30.1 Å².